The second-order valence-corrected chi connectivity index (χ2v) is 5.93. The lowest BCUT2D eigenvalue weighted by atomic mass is 9.96. The molecule has 0 spiro atoms. The highest BCUT2D eigenvalue weighted by Crippen LogP contribution is 2.14. The van der Waals surface area contributed by atoms with Crippen LogP contribution in [0.3, 0.4) is 0 Å². The molecule has 0 aromatic carbocycles. The Balaban J connectivity index is 2.21. The first-order chi connectivity index (χ1) is 9.45. The van der Waals surface area contributed by atoms with Crippen LogP contribution < -0.4 is 5.73 Å². The lowest BCUT2D eigenvalue weighted by molar-refractivity contribution is -0.149. The molecule has 2 unspecified atom stereocenters. The predicted molar refractivity (Wildman–Crippen MR) is 79.5 cm³/mol. The summed E-state index contributed by atoms with van der Waals surface area (Å²) in [5.41, 5.74) is 5.15. The number of nitrogens with zero attached hydrogens (tertiary/aromatic N) is 1. The third-order valence-corrected chi connectivity index (χ3v) is 3.70. The molecule has 1 rings (SSSR count). The van der Waals surface area contributed by atoms with Gasteiger partial charge in [-0.25, -0.2) is 0 Å². The van der Waals surface area contributed by atoms with Gasteiger partial charge in [-0.15, -0.1) is 0 Å². The maximum absolute atomic E-state index is 11.7. The number of carbonyl (C=O) groups excluding carboxylic acids is 1. The molecule has 5 nitrogen and oxygen atoms in total. The van der Waals surface area contributed by atoms with Crippen molar-refractivity contribution < 1.29 is 14.3 Å². The second kappa shape index (κ2) is 8.60. The predicted octanol–water partition coefficient (Wildman–Crippen LogP) is 1.55. The summed E-state index contributed by atoms with van der Waals surface area (Å²) in [6.07, 6.45) is 4.08. The van der Waals surface area contributed by atoms with Crippen molar-refractivity contribution in [2.45, 2.75) is 58.1 Å². The van der Waals surface area contributed by atoms with Crippen LogP contribution in [0.5, 0.6) is 0 Å². The zero-order valence-electron chi connectivity index (χ0n) is 13.2. The monoisotopic (exact) mass is 286 g/mol. The maximum atomic E-state index is 11.7. The SMILES string of the molecule is CCOC(=O)C(C)(N)CCCCN1CCCOC(C)C1. The van der Waals surface area contributed by atoms with Gasteiger partial charge in [-0.3, -0.25) is 4.79 Å². The van der Waals surface area contributed by atoms with E-state index in [0.717, 1.165) is 45.5 Å². The molecule has 5 heteroatoms. The van der Waals surface area contributed by atoms with Crippen LogP contribution in [0.1, 0.15) is 46.5 Å². The normalized spacial score (nSPS) is 23.9. The fraction of sp³-hybridized carbons (Fsp3) is 0.933. The lowest BCUT2D eigenvalue weighted by Gasteiger charge is -2.24. The summed E-state index contributed by atoms with van der Waals surface area (Å²) in [5.74, 6) is -0.295. The Morgan fingerprint density at radius 3 is 2.95 bits per heavy atom. The molecule has 2 atom stereocenters. The minimum atomic E-state index is -0.856. The van der Waals surface area contributed by atoms with Gasteiger partial charge in [0.2, 0.25) is 0 Å². The van der Waals surface area contributed by atoms with Crippen molar-refractivity contribution in [1.82, 2.24) is 4.90 Å². The second-order valence-electron chi connectivity index (χ2n) is 5.93. The molecule has 0 aliphatic carbocycles. The van der Waals surface area contributed by atoms with Crippen molar-refractivity contribution in [3.8, 4) is 0 Å². The van der Waals surface area contributed by atoms with Crippen molar-refractivity contribution in [1.29, 1.82) is 0 Å². The average Bonchev–Trinajstić information content (AvgIpc) is 2.59. The molecule has 1 heterocycles. The van der Waals surface area contributed by atoms with E-state index < -0.39 is 5.54 Å². The zero-order valence-corrected chi connectivity index (χ0v) is 13.2. The van der Waals surface area contributed by atoms with Crippen molar-refractivity contribution >= 4 is 5.97 Å². The lowest BCUT2D eigenvalue weighted by Crippen LogP contribution is -2.46. The van der Waals surface area contributed by atoms with Crippen LogP contribution >= 0.6 is 0 Å². The van der Waals surface area contributed by atoms with E-state index >= 15 is 0 Å². The summed E-state index contributed by atoms with van der Waals surface area (Å²) in [5, 5.41) is 0. The summed E-state index contributed by atoms with van der Waals surface area (Å²) in [6, 6.07) is 0. The summed E-state index contributed by atoms with van der Waals surface area (Å²) >= 11 is 0. The van der Waals surface area contributed by atoms with Gasteiger partial charge >= 0.3 is 5.97 Å². The minimum absolute atomic E-state index is 0.295. The molecule has 0 radical (unpaired) electrons. The van der Waals surface area contributed by atoms with E-state index in [0.29, 0.717) is 19.1 Å². The Kier molecular flexibility index (Phi) is 7.48. The number of unbranched alkanes of at least 4 members (excludes halogenated alkanes) is 1. The van der Waals surface area contributed by atoms with Gasteiger partial charge in [-0.2, -0.15) is 0 Å². The molecule has 1 fully saturated rings. The first-order valence-electron chi connectivity index (χ1n) is 7.75. The number of nitrogens with two attached hydrogens (primary N) is 1. The first-order valence-corrected chi connectivity index (χ1v) is 7.75. The molecular weight excluding hydrogens is 256 g/mol. The van der Waals surface area contributed by atoms with E-state index in [1.165, 1.54) is 0 Å². The van der Waals surface area contributed by atoms with E-state index in [4.69, 9.17) is 15.2 Å². The summed E-state index contributed by atoms with van der Waals surface area (Å²) < 4.78 is 10.6. The number of esters is 1. The van der Waals surface area contributed by atoms with Gasteiger partial charge in [0.05, 0.1) is 12.7 Å². The van der Waals surface area contributed by atoms with E-state index in [2.05, 4.69) is 11.8 Å². The molecule has 118 valence electrons. The number of ether oxygens (including phenoxy) is 2. The van der Waals surface area contributed by atoms with Crippen LogP contribution in [0.15, 0.2) is 0 Å². The summed E-state index contributed by atoms with van der Waals surface area (Å²) in [6.45, 7) is 10.1. The van der Waals surface area contributed by atoms with Crippen molar-refractivity contribution in [3.05, 3.63) is 0 Å². The standard InChI is InChI=1S/C15H30N2O3/c1-4-19-14(18)15(3,16)8-5-6-9-17-10-7-11-20-13(2)12-17/h13H,4-12,16H2,1-3H3. The third-order valence-electron chi connectivity index (χ3n) is 3.70. The molecule has 1 aliphatic heterocycles. The number of rotatable bonds is 7. The Hall–Kier alpha value is -0.650. The van der Waals surface area contributed by atoms with Gasteiger partial charge < -0.3 is 20.1 Å². The Morgan fingerprint density at radius 1 is 1.50 bits per heavy atom. The van der Waals surface area contributed by atoms with E-state index in [9.17, 15) is 4.79 Å². The molecule has 0 bridgehead atoms. The van der Waals surface area contributed by atoms with Crippen LogP contribution in [0.2, 0.25) is 0 Å². The van der Waals surface area contributed by atoms with Crippen molar-refractivity contribution in [3.63, 3.8) is 0 Å². The van der Waals surface area contributed by atoms with E-state index in [1.807, 2.05) is 0 Å². The van der Waals surface area contributed by atoms with Gasteiger partial charge in [0.25, 0.3) is 0 Å². The highest BCUT2D eigenvalue weighted by Gasteiger charge is 2.29. The molecular formula is C15H30N2O3. The molecule has 0 amide bonds. The van der Waals surface area contributed by atoms with Gasteiger partial charge in [-0.05, 0) is 53.0 Å². The fourth-order valence-electron chi connectivity index (χ4n) is 2.51. The van der Waals surface area contributed by atoms with Gasteiger partial charge in [0.1, 0.15) is 5.54 Å². The van der Waals surface area contributed by atoms with Crippen LogP contribution in [-0.2, 0) is 14.3 Å². The van der Waals surface area contributed by atoms with Gasteiger partial charge in [0.15, 0.2) is 0 Å². The number of hydrogen-bond donors (Lipinski definition) is 1. The van der Waals surface area contributed by atoms with E-state index in [-0.39, 0.29) is 5.97 Å². The van der Waals surface area contributed by atoms with Crippen LogP contribution in [0.25, 0.3) is 0 Å². The quantitative estimate of drug-likeness (QED) is 0.568. The minimum Gasteiger partial charge on any atom is -0.465 e. The maximum Gasteiger partial charge on any atom is 0.325 e. The van der Waals surface area contributed by atoms with Gasteiger partial charge in [0, 0.05) is 19.7 Å². The molecule has 1 saturated heterocycles. The van der Waals surface area contributed by atoms with E-state index in [1.54, 1.807) is 13.8 Å². The molecule has 2 N–H and O–H groups in total. The fourth-order valence-corrected chi connectivity index (χ4v) is 2.51. The summed E-state index contributed by atoms with van der Waals surface area (Å²) in [4.78, 5) is 14.1. The molecule has 0 aromatic heterocycles. The van der Waals surface area contributed by atoms with Crippen molar-refractivity contribution in [2.75, 3.05) is 32.8 Å². The average molecular weight is 286 g/mol. The highest BCUT2D eigenvalue weighted by atomic mass is 16.5. The number of carbonyl (C=O) groups is 1. The number of hydrogen-bond acceptors (Lipinski definition) is 5. The largest absolute Gasteiger partial charge is 0.465 e. The zero-order chi connectivity index (χ0) is 15.0. The molecule has 0 saturated carbocycles. The third kappa shape index (κ3) is 6.20. The molecule has 20 heavy (non-hydrogen) atoms. The summed E-state index contributed by atoms with van der Waals surface area (Å²) in [7, 11) is 0. The Labute approximate surface area is 122 Å². The Bertz CT molecular complexity index is 295. The van der Waals surface area contributed by atoms with Crippen LogP contribution in [0.4, 0.5) is 0 Å². The van der Waals surface area contributed by atoms with Gasteiger partial charge in [-0.1, -0.05) is 0 Å². The topological polar surface area (TPSA) is 64.8 Å². The first kappa shape index (κ1) is 17.4. The Morgan fingerprint density at radius 2 is 2.25 bits per heavy atom. The smallest absolute Gasteiger partial charge is 0.325 e. The molecule has 0 aromatic rings. The highest BCUT2D eigenvalue weighted by molar-refractivity contribution is 5.79. The van der Waals surface area contributed by atoms with Crippen LogP contribution in [0, 0.1) is 0 Å². The van der Waals surface area contributed by atoms with Crippen LogP contribution in [-0.4, -0.2) is 55.4 Å². The van der Waals surface area contributed by atoms with Crippen molar-refractivity contribution in [2.24, 2.45) is 5.73 Å². The molecule has 1 aliphatic rings.